The number of aromatic amines is 1. The SMILES string of the molecule is COc1cccc(C=C2CCc3c2oc2ccc(-c4nnn[nH]4)cc2c3=O)c1. The lowest BCUT2D eigenvalue weighted by molar-refractivity contribution is 0.414. The van der Waals surface area contributed by atoms with Crippen molar-refractivity contribution < 1.29 is 9.15 Å². The van der Waals surface area contributed by atoms with E-state index in [1.54, 1.807) is 19.2 Å². The number of fused-ring (bicyclic) bond motifs is 2. The van der Waals surface area contributed by atoms with Crippen molar-refractivity contribution in [2.75, 3.05) is 7.11 Å². The normalized spacial score (nSPS) is 14.5. The van der Waals surface area contributed by atoms with Crippen molar-refractivity contribution in [3.8, 4) is 17.1 Å². The van der Waals surface area contributed by atoms with Gasteiger partial charge in [0.1, 0.15) is 17.1 Å². The van der Waals surface area contributed by atoms with Gasteiger partial charge in [0.15, 0.2) is 11.3 Å². The van der Waals surface area contributed by atoms with Gasteiger partial charge in [0.05, 0.1) is 12.5 Å². The Kier molecular flexibility index (Phi) is 3.79. The fourth-order valence-corrected chi connectivity index (χ4v) is 3.59. The van der Waals surface area contributed by atoms with Crippen LogP contribution in [0.3, 0.4) is 0 Å². The summed E-state index contributed by atoms with van der Waals surface area (Å²) in [5.41, 5.74) is 4.05. The van der Waals surface area contributed by atoms with Gasteiger partial charge in [-0.05, 0) is 70.8 Å². The van der Waals surface area contributed by atoms with Crippen molar-refractivity contribution in [2.24, 2.45) is 0 Å². The van der Waals surface area contributed by atoms with Crippen LogP contribution in [0.5, 0.6) is 5.75 Å². The summed E-state index contributed by atoms with van der Waals surface area (Å²) in [7, 11) is 1.64. The highest BCUT2D eigenvalue weighted by Crippen LogP contribution is 2.35. The quantitative estimate of drug-likeness (QED) is 0.592. The van der Waals surface area contributed by atoms with E-state index < -0.39 is 0 Å². The highest BCUT2D eigenvalue weighted by atomic mass is 16.5. The predicted octanol–water partition coefficient (Wildman–Crippen LogP) is 3.47. The summed E-state index contributed by atoms with van der Waals surface area (Å²) >= 11 is 0. The topological polar surface area (TPSA) is 93.9 Å². The van der Waals surface area contributed by atoms with Gasteiger partial charge in [-0.25, -0.2) is 5.10 Å². The molecule has 28 heavy (non-hydrogen) atoms. The van der Waals surface area contributed by atoms with E-state index in [2.05, 4.69) is 26.7 Å². The molecule has 0 fully saturated rings. The summed E-state index contributed by atoms with van der Waals surface area (Å²) in [6.45, 7) is 0. The third kappa shape index (κ3) is 2.68. The number of rotatable bonds is 3. The largest absolute Gasteiger partial charge is 0.497 e. The number of allylic oxidation sites excluding steroid dienone is 1. The Morgan fingerprint density at radius 3 is 2.93 bits per heavy atom. The minimum atomic E-state index is -0.000355. The number of nitrogens with zero attached hydrogens (tertiary/aromatic N) is 3. The Balaban J connectivity index is 1.62. The first-order valence-electron chi connectivity index (χ1n) is 8.92. The van der Waals surface area contributed by atoms with Gasteiger partial charge in [0.2, 0.25) is 0 Å². The smallest absolute Gasteiger partial charge is 0.196 e. The summed E-state index contributed by atoms with van der Waals surface area (Å²) in [4.78, 5) is 13.1. The molecule has 4 aromatic rings. The third-order valence-electron chi connectivity index (χ3n) is 4.97. The van der Waals surface area contributed by atoms with Crippen molar-refractivity contribution >= 4 is 22.6 Å². The van der Waals surface area contributed by atoms with Gasteiger partial charge < -0.3 is 9.15 Å². The highest BCUT2D eigenvalue weighted by Gasteiger charge is 2.24. The molecule has 1 aliphatic rings. The van der Waals surface area contributed by atoms with Crippen LogP contribution in [-0.2, 0) is 6.42 Å². The van der Waals surface area contributed by atoms with Gasteiger partial charge >= 0.3 is 0 Å². The number of ether oxygens (including phenoxy) is 1. The van der Waals surface area contributed by atoms with Gasteiger partial charge in [-0.3, -0.25) is 4.79 Å². The second-order valence-corrected chi connectivity index (χ2v) is 6.65. The molecule has 1 N–H and O–H groups in total. The molecule has 0 radical (unpaired) electrons. The van der Waals surface area contributed by atoms with Crippen LogP contribution in [0, 0.1) is 0 Å². The van der Waals surface area contributed by atoms with Crippen LogP contribution in [0.2, 0.25) is 0 Å². The monoisotopic (exact) mass is 372 g/mol. The van der Waals surface area contributed by atoms with Crippen LogP contribution in [0.15, 0.2) is 51.7 Å². The molecular weight excluding hydrogens is 356 g/mol. The number of methoxy groups -OCH3 is 1. The minimum Gasteiger partial charge on any atom is -0.497 e. The second kappa shape index (κ2) is 6.45. The van der Waals surface area contributed by atoms with Crippen molar-refractivity contribution in [1.29, 1.82) is 0 Å². The van der Waals surface area contributed by atoms with E-state index in [0.717, 1.165) is 34.4 Å². The first kappa shape index (κ1) is 16.4. The maximum absolute atomic E-state index is 13.1. The third-order valence-corrected chi connectivity index (χ3v) is 4.97. The molecule has 0 saturated heterocycles. The lowest BCUT2D eigenvalue weighted by Crippen LogP contribution is -2.08. The Labute approximate surface area is 159 Å². The average molecular weight is 372 g/mol. The Morgan fingerprint density at radius 1 is 1.18 bits per heavy atom. The molecule has 7 heteroatoms. The first-order valence-corrected chi connectivity index (χ1v) is 8.92. The second-order valence-electron chi connectivity index (χ2n) is 6.65. The molecule has 0 spiro atoms. The maximum atomic E-state index is 13.1. The zero-order valence-corrected chi connectivity index (χ0v) is 15.1. The van der Waals surface area contributed by atoms with E-state index in [1.165, 1.54) is 0 Å². The van der Waals surface area contributed by atoms with Gasteiger partial charge in [0.25, 0.3) is 0 Å². The van der Waals surface area contributed by atoms with Crippen LogP contribution in [-0.4, -0.2) is 27.7 Å². The molecule has 0 amide bonds. The molecule has 0 atom stereocenters. The molecule has 7 nitrogen and oxygen atoms in total. The zero-order valence-electron chi connectivity index (χ0n) is 15.1. The molecule has 2 aromatic heterocycles. The van der Waals surface area contributed by atoms with E-state index in [0.29, 0.717) is 29.0 Å². The van der Waals surface area contributed by atoms with Crippen molar-refractivity contribution in [2.45, 2.75) is 12.8 Å². The molecule has 1 aliphatic carbocycles. The van der Waals surface area contributed by atoms with E-state index >= 15 is 0 Å². The predicted molar refractivity (Wildman–Crippen MR) is 105 cm³/mol. The number of H-pyrrole nitrogens is 1. The Bertz CT molecular complexity index is 1270. The van der Waals surface area contributed by atoms with Crippen LogP contribution in [0.4, 0.5) is 0 Å². The van der Waals surface area contributed by atoms with Crippen LogP contribution in [0.1, 0.15) is 23.3 Å². The number of aromatic nitrogens is 4. The van der Waals surface area contributed by atoms with Crippen molar-refractivity contribution in [1.82, 2.24) is 20.6 Å². The van der Waals surface area contributed by atoms with Crippen LogP contribution >= 0.6 is 0 Å². The van der Waals surface area contributed by atoms with Crippen molar-refractivity contribution in [3.63, 3.8) is 0 Å². The van der Waals surface area contributed by atoms with Crippen LogP contribution in [0.25, 0.3) is 34.0 Å². The zero-order chi connectivity index (χ0) is 19.1. The van der Waals surface area contributed by atoms with Gasteiger partial charge in [-0.2, -0.15) is 0 Å². The fourth-order valence-electron chi connectivity index (χ4n) is 3.59. The maximum Gasteiger partial charge on any atom is 0.196 e. The van der Waals surface area contributed by atoms with E-state index in [4.69, 9.17) is 9.15 Å². The molecular formula is C21H16N4O3. The molecule has 2 heterocycles. The van der Waals surface area contributed by atoms with E-state index in [-0.39, 0.29) is 5.43 Å². The number of hydrogen-bond acceptors (Lipinski definition) is 6. The molecule has 2 aromatic carbocycles. The number of hydrogen-bond donors (Lipinski definition) is 1. The highest BCUT2D eigenvalue weighted by molar-refractivity contribution is 5.88. The molecule has 0 saturated carbocycles. The number of tetrazole rings is 1. The van der Waals surface area contributed by atoms with Crippen LogP contribution < -0.4 is 10.2 Å². The van der Waals surface area contributed by atoms with E-state index in [1.807, 2.05) is 30.3 Å². The molecule has 5 rings (SSSR count). The molecule has 0 bridgehead atoms. The fraction of sp³-hybridized carbons (Fsp3) is 0.143. The van der Waals surface area contributed by atoms with Gasteiger partial charge in [-0.15, -0.1) is 5.10 Å². The number of nitrogens with one attached hydrogen (secondary N) is 1. The Hall–Kier alpha value is -3.74. The first-order chi connectivity index (χ1) is 13.7. The lowest BCUT2D eigenvalue weighted by atomic mass is 10.1. The summed E-state index contributed by atoms with van der Waals surface area (Å²) in [5.74, 6) is 1.98. The summed E-state index contributed by atoms with van der Waals surface area (Å²) in [6, 6.07) is 13.2. The molecule has 0 aliphatic heterocycles. The number of benzene rings is 2. The van der Waals surface area contributed by atoms with Gasteiger partial charge in [-0.1, -0.05) is 12.1 Å². The minimum absolute atomic E-state index is 0.000355. The summed E-state index contributed by atoms with van der Waals surface area (Å²) < 4.78 is 11.4. The van der Waals surface area contributed by atoms with Crippen molar-refractivity contribution in [3.05, 3.63) is 69.6 Å². The average Bonchev–Trinajstić information content (AvgIpc) is 3.39. The Morgan fingerprint density at radius 2 is 2.11 bits per heavy atom. The summed E-state index contributed by atoms with van der Waals surface area (Å²) in [5, 5.41) is 14.3. The van der Waals surface area contributed by atoms with Gasteiger partial charge in [0, 0.05) is 11.1 Å². The summed E-state index contributed by atoms with van der Waals surface area (Å²) in [6.07, 6.45) is 3.48. The van der Waals surface area contributed by atoms with E-state index in [9.17, 15) is 4.79 Å². The lowest BCUT2D eigenvalue weighted by Gasteiger charge is -2.06. The molecule has 138 valence electrons. The standard InChI is InChI=1S/C21H16N4O3/c1-27-15-4-2-3-12(10-15)9-13-5-7-16-19(26)17-11-14(21-22-24-25-23-21)6-8-18(17)28-20(13)16/h2-4,6,8-11H,5,7H2,1H3,(H,22,23,24,25). The molecule has 0 unspecified atom stereocenters.